The largest absolute Gasteiger partial charge is 0.438 e. The third-order valence-corrected chi connectivity index (χ3v) is 7.79. The number of rotatable bonds is 5. The zero-order valence-corrected chi connectivity index (χ0v) is 22.3. The van der Waals surface area contributed by atoms with Crippen LogP contribution in [0.25, 0.3) is 50.0 Å². The fraction of sp³-hybridized carbons (Fsp3) is 0. The predicted molar refractivity (Wildman–Crippen MR) is 170 cm³/mol. The van der Waals surface area contributed by atoms with Gasteiger partial charge in [-0.05, 0) is 71.3 Å². The highest BCUT2D eigenvalue weighted by molar-refractivity contribution is 6.07. The van der Waals surface area contributed by atoms with E-state index in [0.29, 0.717) is 0 Å². The molecule has 2 aromatic heterocycles. The van der Waals surface area contributed by atoms with Gasteiger partial charge in [0.1, 0.15) is 0 Å². The smallest absolute Gasteiger partial charge is 0.213 e. The second-order valence-corrected chi connectivity index (χ2v) is 10.2. The molecule has 0 amide bonds. The molecule has 2 heterocycles. The average Bonchev–Trinajstić information content (AvgIpc) is 3.57. The Morgan fingerprint density at radius 3 is 1.68 bits per heavy atom. The summed E-state index contributed by atoms with van der Waals surface area (Å²) in [5.74, 6) is 0. The Labute approximate surface area is 238 Å². The third kappa shape index (κ3) is 3.90. The van der Waals surface area contributed by atoms with Crippen LogP contribution in [0.2, 0.25) is 0 Å². The Bertz CT molecular complexity index is 2090. The highest BCUT2D eigenvalue weighted by atomic mass is 16.3. The molecule has 0 aliphatic rings. The summed E-state index contributed by atoms with van der Waals surface area (Å²) in [6, 6.07) is 55.3. The lowest BCUT2D eigenvalue weighted by molar-refractivity contribution is 0.658. The summed E-state index contributed by atoms with van der Waals surface area (Å²) in [5.41, 5.74) is 11.9. The molecular weight excluding hydrogens is 500 g/mol. The van der Waals surface area contributed by atoms with Crippen LogP contribution >= 0.6 is 0 Å². The summed E-state index contributed by atoms with van der Waals surface area (Å²) in [6.45, 7) is 0. The maximum absolute atomic E-state index is 6.52. The van der Waals surface area contributed by atoms with Gasteiger partial charge in [-0.15, -0.1) is 0 Å². The van der Waals surface area contributed by atoms with Crippen LogP contribution in [0.15, 0.2) is 162 Å². The van der Waals surface area contributed by atoms with Crippen molar-refractivity contribution in [3.63, 3.8) is 0 Å². The minimum atomic E-state index is 0.876. The molecule has 194 valence electrons. The van der Waals surface area contributed by atoms with E-state index in [0.717, 1.165) is 61.6 Å². The Hall–Kier alpha value is -5.54. The highest BCUT2D eigenvalue weighted by Gasteiger charge is 2.20. The molecule has 0 spiro atoms. The lowest BCUT2D eigenvalue weighted by Gasteiger charge is -2.25. The topological polar surface area (TPSA) is 20.8 Å². The second-order valence-electron chi connectivity index (χ2n) is 10.2. The zero-order chi connectivity index (χ0) is 27.2. The molecule has 0 fully saturated rings. The molecule has 0 aliphatic heterocycles. The number of hydrogen-bond donors (Lipinski definition) is 0. The number of nitrogens with zero attached hydrogens (tertiary/aromatic N) is 2. The van der Waals surface area contributed by atoms with Gasteiger partial charge in [0.25, 0.3) is 0 Å². The van der Waals surface area contributed by atoms with Crippen LogP contribution in [0.1, 0.15) is 0 Å². The van der Waals surface area contributed by atoms with E-state index in [9.17, 15) is 0 Å². The number of aromatic nitrogens is 1. The molecule has 0 saturated heterocycles. The Morgan fingerprint density at radius 2 is 1.00 bits per heavy atom. The van der Waals surface area contributed by atoms with Crippen molar-refractivity contribution < 1.29 is 4.42 Å². The van der Waals surface area contributed by atoms with Crippen LogP contribution in [-0.2, 0) is 0 Å². The van der Waals surface area contributed by atoms with Gasteiger partial charge in [-0.25, -0.2) is 0 Å². The fourth-order valence-corrected chi connectivity index (χ4v) is 5.90. The number of benzene rings is 6. The molecule has 0 N–H and O–H groups in total. The van der Waals surface area contributed by atoms with Gasteiger partial charge in [0.2, 0.25) is 5.71 Å². The summed E-state index contributed by atoms with van der Waals surface area (Å²) in [6.07, 6.45) is 0. The van der Waals surface area contributed by atoms with Gasteiger partial charge in [0, 0.05) is 22.4 Å². The normalized spacial score (nSPS) is 11.4. The van der Waals surface area contributed by atoms with E-state index in [2.05, 4.69) is 161 Å². The minimum absolute atomic E-state index is 0.876. The van der Waals surface area contributed by atoms with E-state index in [1.165, 1.54) is 5.39 Å². The van der Waals surface area contributed by atoms with Gasteiger partial charge < -0.3 is 9.32 Å². The molecule has 41 heavy (non-hydrogen) atoms. The van der Waals surface area contributed by atoms with Crippen molar-refractivity contribution in [1.29, 1.82) is 0 Å². The number of oxazole rings is 1. The number of para-hydroxylation sites is 3. The van der Waals surface area contributed by atoms with Crippen molar-refractivity contribution in [1.82, 2.24) is 4.40 Å². The first-order valence-corrected chi connectivity index (χ1v) is 13.9. The number of anilines is 3. The lowest BCUT2D eigenvalue weighted by atomic mass is 10.0. The molecule has 0 radical (unpaired) electrons. The maximum Gasteiger partial charge on any atom is 0.213 e. The van der Waals surface area contributed by atoms with Crippen molar-refractivity contribution in [3.8, 4) is 22.3 Å². The van der Waals surface area contributed by atoms with Gasteiger partial charge in [-0.1, -0.05) is 103 Å². The highest BCUT2D eigenvalue weighted by Crippen LogP contribution is 2.40. The Morgan fingerprint density at radius 1 is 0.439 bits per heavy atom. The van der Waals surface area contributed by atoms with Gasteiger partial charge in [0.05, 0.1) is 16.6 Å². The molecule has 0 unspecified atom stereocenters. The van der Waals surface area contributed by atoms with Crippen molar-refractivity contribution in [3.05, 3.63) is 158 Å². The molecule has 8 rings (SSSR count). The third-order valence-electron chi connectivity index (χ3n) is 7.79. The van der Waals surface area contributed by atoms with Gasteiger partial charge >= 0.3 is 0 Å². The van der Waals surface area contributed by atoms with Crippen LogP contribution < -0.4 is 4.90 Å². The lowest BCUT2D eigenvalue weighted by Crippen LogP contribution is -2.09. The SMILES string of the molecule is c1ccc(-c2c3ccccc3n3c2oc2ccc(-c4ccc(N(c5ccccc5)c5ccccc5)cc4)cc23)cc1. The Kier molecular flexibility index (Phi) is 5.46. The van der Waals surface area contributed by atoms with Crippen LogP contribution in [0.4, 0.5) is 17.1 Å². The summed E-state index contributed by atoms with van der Waals surface area (Å²) < 4.78 is 8.78. The molecule has 0 saturated carbocycles. The Balaban J connectivity index is 1.25. The molecule has 0 bridgehead atoms. The predicted octanol–water partition coefficient (Wildman–Crippen LogP) is 10.6. The second kappa shape index (κ2) is 9.58. The molecule has 8 aromatic rings. The maximum atomic E-state index is 6.52. The van der Waals surface area contributed by atoms with Crippen LogP contribution in [0, 0.1) is 0 Å². The molecular formula is C38H26N2O. The first-order valence-electron chi connectivity index (χ1n) is 13.9. The van der Waals surface area contributed by atoms with E-state index in [4.69, 9.17) is 4.42 Å². The van der Waals surface area contributed by atoms with Crippen molar-refractivity contribution in [2.45, 2.75) is 0 Å². The molecule has 6 aromatic carbocycles. The molecule has 3 nitrogen and oxygen atoms in total. The minimum Gasteiger partial charge on any atom is -0.438 e. The first-order chi connectivity index (χ1) is 20.3. The van der Waals surface area contributed by atoms with Crippen molar-refractivity contribution >= 4 is 44.8 Å². The first kappa shape index (κ1) is 23.4. The van der Waals surface area contributed by atoms with E-state index in [1.54, 1.807) is 0 Å². The summed E-state index contributed by atoms with van der Waals surface area (Å²) in [5, 5.41) is 1.19. The quantitative estimate of drug-likeness (QED) is 0.222. The number of fused-ring (bicyclic) bond motifs is 5. The van der Waals surface area contributed by atoms with E-state index in [1.807, 2.05) is 6.07 Å². The average molecular weight is 527 g/mol. The van der Waals surface area contributed by atoms with Crippen LogP contribution in [0.3, 0.4) is 0 Å². The van der Waals surface area contributed by atoms with Gasteiger partial charge in [-0.3, -0.25) is 4.40 Å². The van der Waals surface area contributed by atoms with Crippen molar-refractivity contribution in [2.75, 3.05) is 4.90 Å². The van der Waals surface area contributed by atoms with Gasteiger partial charge in [0.15, 0.2) is 5.58 Å². The monoisotopic (exact) mass is 526 g/mol. The zero-order valence-electron chi connectivity index (χ0n) is 22.3. The fourth-order valence-electron chi connectivity index (χ4n) is 5.90. The van der Waals surface area contributed by atoms with Crippen LogP contribution in [-0.4, -0.2) is 4.40 Å². The van der Waals surface area contributed by atoms with E-state index in [-0.39, 0.29) is 0 Å². The summed E-state index contributed by atoms with van der Waals surface area (Å²) in [7, 11) is 0. The molecule has 3 heteroatoms. The molecule has 0 atom stereocenters. The van der Waals surface area contributed by atoms with E-state index >= 15 is 0 Å². The molecule has 0 aliphatic carbocycles. The summed E-state index contributed by atoms with van der Waals surface area (Å²) in [4.78, 5) is 2.28. The van der Waals surface area contributed by atoms with Gasteiger partial charge in [-0.2, -0.15) is 0 Å². The standard InChI is InChI=1S/C38H26N2O/c1-4-12-28(13-5-1)37-33-18-10-11-19-34(33)40-35-26-29(22-25-36(35)41-38(37)40)27-20-23-32(24-21-27)39(30-14-6-2-7-15-30)31-16-8-3-9-17-31/h1-26H. The number of hydrogen-bond acceptors (Lipinski definition) is 2. The van der Waals surface area contributed by atoms with Crippen molar-refractivity contribution in [2.24, 2.45) is 0 Å². The van der Waals surface area contributed by atoms with E-state index < -0.39 is 0 Å². The van der Waals surface area contributed by atoms with Crippen LogP contribution in [0.5, 0.6) is 0 Å². The summed E-state index contributed by atoms with van der Waals surface area (Å²) >= 11 is 0.